The van der Waals surface area contributed by atoms with Crippen LogP contribution < -0.4 is 37.5 Å². The predicted molar refractivity (Wildman–Crippen MR) is 21.9 cm³/mol. The van der Waals surface area contributed by atoms with Crippen molar-refractivity contribution in [1.82, 2.24) is 0 Å². The van der Waals surface area contributed by atoms with Gasteiger partial charge in [0, 0.05) is 0 Å². The summed E-state index contributed by atoms with van der Waals surface area (Å²) in [7, 11) is -4.94. The quantitative estimate of drug-likeness (QED) is 0.286. The summed E-state index contributed by atoms with van der Waals surface area (Å²) in [6.45, 7) is 2.18. The van der Waals surface area contributed by atoms with E-state index < -0.39 is 16.4 Å². The Labute approximate surface area is 88.2 Å². The summed E-state index contributed by atoms with van der Waals surface area (Å²) in [6, 6.07) is 0. The van der Waals surface area contributed by atoms with Crippen LogP contribution in [0.3, 0.4) is 0 Å². The Morgan fingerprint density at radius 3 is 1.85 bits per heavy atom. The fourth-order valence-corrected chi connectivity index (χ4v) is 0.418. The minimum absolute atomic E-state index is 0. The van der Waals surface area contributed by atoms with E-state index in [9.17, 15) is 4.79 Å². The molecule has 0 amide bonds. The second-order valence-electron chi connectivity index (χ2n) is 1.87. The van der Waals surface area contributed by atoms with Crippen molar-refractivity contribution in [2.24, 2.45) is 0 Å². The number of ether oxygens (including phenoxy) is 2. The van der Waals surface area contributed by atoms with Crippen LogP contribution in [0.2, 0.25) is 0 Å². The fourth-order valence-electron chi connectivity index (χ4n) is 0.418. The van der Waals surface area contributed by atoms with E-state index in [2.05, 4.69) is 9.47 Å². The van der Waals surface area contributed by atoms with E-state index in [0.717, 1.165) is 0 Å². The first-order chi connectivity index (χ1) is 5.29. The third-order valence-electron chi connectivity index (χ3n) is 0.733. The number of cyclic esters (lactones) is 2. The van der Waals surface area contributed by atoms with Crippen molar-refractivity contribution < 1.29 is 62.0 Å². The molecule has 1 aliphatic rings. The summed E-state index contributed by atoms with van der Waals surface area (Å²) < 4.78 is 42.9. The van der Waals surface area contributed by atoms with E-state index in [1.54, 1.807) is 6.92 Å². The van der Waals surface area contributed by atoms with Crippen LogP contribution in [0.15, 0.2) is 0 Å². The normalized spacial score (nSPS) is 20.4. The van der Waals surface area contributed by atoms with Gasteiger partial charge >= 0.3 is 25.0 Å². The van der Waals surface area contributed by atoms with Crippen LogP contribution in [-0.2, 0) is 9.47 Å². The molecule has 0 aromatic carbocycles. The van der Waals surface area contributed by atoms with Gasteiger partial charge in [0.1, 0.15) is 12.7 Å². The summed E-state index contributed by atoms with van der Waals surface area (Å²) in [5.41, 5.74) is 0. The van der Waals surface area contributed by atoms with Crippen molar-refractivity contribution in [2.75, 3.05) is 6.61 Å². The zero-order chi connectivity index (χ0) is 9.78. The van der Waals surface area contributed by atoms with Crippen LogP contribution in [0, 0.1) is 10.2 Å². The second kappa shape index (κ2) is 6.45. The standard InChI is InChI=1S/C4H6O3.ClHO4.Li/c1-3-2-6-4(5)7-3;2-1(3,4)5;/h3H,2H2,1H3;(H,2,3,4,5);/q;;+1/p-1. The molecule has 1 atom stereocenters. The third kappa shape index (κ3) is 14.8. The molecule has 0 spiro atoms. The summed E-state index contributed by atoms with van der Waals surface area (Å²) in [5.74, 6) is 0. The van der Waals surface area contributed by atoms with Crippen LogP contribution in [0.4, 0.5) is 4.79 Å². The van der Waals surface area contributed by atoms with Crippen molar-refractivity contribution in [3.8, 4) is 0 Å². The molecular weight excluding hydrogens is 202 g/mol. The first-order valence-electron chi connectivity index (χ1n) is 2.74. The number of carbonyl (C=O) groups is 1. The summed E-state index contributed by atoms with van der Waals surface area (Å²) in [6.07, 6.45) is -0.597. The molecule has 1 aliphatic heterocycles. The maximum absolute atomic E-state index is 10.0. The fraction of sp³-hybridized carbons (Fsp3) is 0.750. The first kappa shape index (κ1) is 15.5. The SMILES string of the molecule is CC1COC(=O)O1.[Li+].[O-][Cl+3]([O-])([O-])[O-]. The van der Waals surface area contributed by atoms with Gasteiger partial charge in [0.05, 0.1) is 0 Å². The van der Waals surface area contributed by atoms with E-state index in [1.165, 1.54) is 0 Å². The molecule has 0 N–H and O–H groups in total. The second-order valence-corrected chi connectivity index (χ2v) is 2.62. The minimum atomic E-state index is -4.94. The van der Waals surface area contributed by atoms with E-state index in [-0.39, 0.29) is 25.0 Å². The number of halogens is 1. The van der Waals surface area contributed by atoms with Crippen molar-refractivity contribution in [3.63, 3.8) is 0 Å². The van der Waals surface area contributed by atoms with Gasteiger partial charge in [-0.05, 0) is 6.92 Å². The molecule has 0 saturated carbocycles. The van der Waals surface area contributed by atoms with E-state index >= 15 is 0 Å². The zero-order valence-electron chi connectivity index (χ0n) is 7.02. The van der Waals surface area contributed by atoms with Gasteiger partial charge in [-0.15, -0.1) is 10.2 Å². The molecule has 0 aliphatic carbocycles. The molecule has 72 valence electrons. The number of rotatable bonds is 0. The van der Waals surface area contributed by atoms with Gasteiger partial charge in [-0.25, -0.2) is 23.4 Å². The average Bonchev–Trinajstić information content (AvgIpc) is 2.09. The number of hydrogen-bond donors (Lipinski definition) is 0. The number of carbonyl (C=O) groups excluding carboxylic acids is 1. The molecule has 0 radical (unpaired) electrons. The van der Waals surface area contributed by atoms with Gasteiger partial charge < -0.3 is 9.47 Å². The van der Waals surface area contributed by atoms with E-state index in [0.29, 0.717) is 6.61 Å². The van der Waals surface area contributed by atoms with E-state index in [4.69, 9.17) is 18.6 Å². The average molecular weight is 208 g/mol. The zero-order valence-corrected chi connectivity index (χ0v) is 7.78. The molecule has 0 aromatic rings. The van der Waals surface area contributed by atoms with Gasteiger partial charge in [-0.3, -0.25) is 0 Å². The van der Waals surface area contributed by atoms with E-state index in [1.807, 2.05) is 0 Å². The maximum atomic E-state index is 10.0. The topological polar surface area (TPSA) is 128 Å². The Bertz CT molecular complexity index is 151. The van der Waals surface area contributed by atoms with Gasteiger partial charge in [0.25, 0.3) is 0 Å². The van der Waals surface area contributed by atoms with Crippen molar-refractivity contribution in [3.05, 3.63) is 0 Å². The third-order valence-corrected chi connectivity index (χ3v) is 0.733. The Hall–Kier alpha value is -0.00260. The Kier molecular flexibility index (Phi) is 7.68. The molecule has 1 fully saturated rings. The Morgan fingerprint density at radius 1 is 1.38 bits per heavy atom. The molecule has 1 saturated heterocycles. The molecule has 1 unspecified atom stereocenters. The summed E-state index contributed by atoms with van der Waals surface area (Å²) >= 11 is 0. The van der Waals surface area contributed by atoms with Crippen LogP contribution in [0.5, 0.6) is 0 Å². The smallest absolute Gasteiger partial charge is 0.430 e. The van der Waals surface area contributed by atoms with Gasteiger partial charge in [-0.2, -0.15) is 0 Å². The van der Waals surface area contributed by atoms with Gasteiger partial charge in [-0.1, -0.05) is 0 Å². The molecule has 0 aromatic heterocycles. The van der Waals surface area contributed by atoms with Crippen LogP contribution in [0.25, 0.3) is 0 Å². The molecule has 7 nitrogen and oxygen atoms in total. The molecule has 1 rings (SSSR count). The molecule has 9 heteroatoms. The van der Waals surface area contributed by atoms with Crippen molar-refractivity contribution >= 4 is 6.16 Å². The van der Waals surface area contributed by atoms with Crippen molar-refractivity contribution in [1.29, 1.82) is 0 Å². The Morgan fingerprint density at radius 2 is 1.77 bits per heavy atom. The van der Waals surface area contributed by atoms with Gasteiger partial charge in [0.2, 0.25) is 0 Å². The molecule has 13 heavy (non-hydrogen) atoms. The van der Waals surface area contributed by atoms with Gasteiger partial charge in [0.15, 0.2) is 0 Å². The largest absolute Gasteiger partial charge is 1.00 e. The summed E-state index contributed by atoms with van der Waals surface area (Å²) in [4.78, 5) is 10.0. The Balaban J connectivity index is 0. The predicted octanol–water partition coefficient (Wildman–Crippen LogP) is -7.21. The molecule has 0 bridgehead atoms. The molecule has 1 heterocycles. The van der Waals surface area contributed by atoms with Crippen LogP contribution in [-0.4, -0.2) is 18.9 Å². The van der Waals surface area contributed by atoms with Crippen LogP contribution >= 0.6 is 0 Å². The maximum Gasteiger partial charge on any atom is 1.00 e. The number of hydrogen-bond acceptors (Lipinski definition) is 7. The summed E-state index contributed by atoms with van der Waals surface area (Å²) in [5, 5.41) is 0. The molecular formula is C4H6ClLiO7. The van der Waals surface area contributed by atoms with Crippen molar-refractivity contribution in [2.45, 2.75) is 13.0 Å². The van der Waals surface area contributed by atoms with Crippen LogP contribution in [0.1, 0.15) is 6.92 Å². The minimum Gasteiger partial charge on any atom is -0.430 e. The first-order valence-corrected chi connectivity index (χ1v) is 3.97. The monoisotopic (exact) mass is 208 g/mol.